The fraction of sp³-hybridized carbons (Fsp3) is 0.600. The highest BCUT2D eigenvalue weighted by molar-refractivity contribution is 5.41. The first-order valence-electron chi connectivity index (χ1n) is 6.79. The van der Waals surface area contributed by atoms with Crippen LogP contribution < -0.4 is 10.1 Å². The molecule has 3 rings (SSSR count). The van der Waals surface area contributed by atoms with Crippen molar-refractivity contribution < 1.29 is 4.74 Å². The van der Waals surface area contributed by atoms with Gasteiger partial charge in [-0.05, 0) is 49.4 Å². The van der Waals surface area contributed by atoms with E-state index in [4.69, 9.17) is 4.74 Å². The van der Waals surface area contributed by atoms with E-state index >= 15 is 0 Å². The number of nitrogens with one attached hydrogen (secondary N) is 1. The zero-order valence-electron chi connectivity index (χ0n) is 10.5. The molecule has 1 aliphatic heterocycles. The largest absolute Gasteiger partial charge is 0.493 e. The van der Waals surface area contributed by atoms with Gasteiger partial charge in [0.05, 0.1) is 6.61 Å². The number of benzene rings is 1. The van der Waals surface area contributed by atoms with Gasteiger partial charge in [-0.2, -0.15) is 0 Å². The van der Waals surface area contributed by atoms with Crippen molar-refractivity contribution in [1.82, 2.24) is 5.32 Å². The molecule has 0 radical (unpaired) electrons. The van der Waals surface area contributed by atoms with Gasteiger partial charge in [0.15, 0.2) is 0 Å². The summed E-state index contributed by atoms with van der Waals surface area (Å²) in [5, 5.41) is 3.43. The summed E-state index contributed by atoms with van der Waals surface area (Å²) < 4.78 is 5.57. The van der Waals surface area contributed by atoms with E-state index in [2.05, 4.69) is 30.6 Å². The summed E-state index contributed by atoms with van der Waals surface area (Å²) >= 11 is 0. The first kappa shape index (κ1) is 11.1. The Balaban J connectivity index is 1.79. The lowest BCUT2D eigenvalue weighted by Crippen LogP contribution is -2.30. The molecule has 2 heteroatoms. The molecule has 1 aliphatic carbocycles. The van der Waals surface area contributed by atoms with Crippen molar-refractivity contribution in [2.75, 3.05) is 13.7 Å². The van der Waals surface area contributed by atoms with Crippen LogP contribution in [0.25, 0.3) is 0 Å². The predicted octanol–water partition coefficient (Wildman–Crippen LogP) is 2.87. The third-order valence-electron chi connectivity index (χ3n) is 4.27. The molecule has 2 aliphatic rings. The lowest BCUT2D eigenvalue weighted by atomic mass is 9.81. The summed E-state index contributed by atoms with van der Waals surface area (Å²) in [5.41, 5.74) is 2.93. The molecule has 0 saturated heterocycles. The van der Waals surface area contributed by atoms with Crippen LogP contribution in [0.4, 0.5) is 0 Å². The molecule has 1 aromatic carbocycles. The average Bonchev–Trinajstić information content (AvgIpc) is 2.86. The molecule has 1 N–H and O–H groups in total. The van der Waals surface area contributed by atoms with E-state index in [9.17, 15) is 0 Å². The molecule has 2 nitrogen and oxygen atoms in total. The quantitative estimate of drug-likeness (QED) is 0.845. The molecule has 1 heterocycles. The van der Waals surface area contributed by atoms with Crippen LogP contribution in [0.1, 0.15) is 42.7 Å². The van der Waals surface area contributed by atoms with Gasteiger partial charge in [-0.1, -0.05) is 18.6 Å². The van der Waals surface area contributed by atoms with Crippen LogP contribution in [0.3, 0.4) is 0 Å². The van der Waals surface area contributed by atoms with Gasteiger partial charge in [-0.15, -0.1) is 0 Å². The van der Waals surface area contributed by atoms with Crippen LogP contribution in [0.5, 0.6) is 5.75 Å². The van der Waals surface area contributed by atoms with E-state index in [1.807, 2.05) is 0 Å². The van der Waals surface area contributed by atoms with E-state index in [1.165, 1.54) is 36.8 Å². The van der Waals surface area contributed by atoms with Crippen molar-refractivity contribution in [1.29, 1.82) is 0 Å². The SMILES string of the molecule is CNC1CCCC(c2ccc3c(c2)CCO3)C1. The first-order chi connectivity index (χ1) is 8.36. The summed E-state index contributed by atoms with van der Waals surface area (Å²) in [7, 11) is 2.09. The summed E-state index contributed by atoms with van der Waals surface area (Å²) in [6.45, 7) is 0.864. The molecule has 0 bridgehead atoms. The summed E-state index contributed by atoms with van der Waals surface area (Å²) in [6, 6.07) is 7.52. The monoisotopic (exact) mass is 231 g/mol. The van der Waals surface area contributed by atoms with Gasteiger partial charge in [0, 0.05) is 12.5 Å². The zero-order chi connectivity index (χ0) is 11.7. The molecule has 1 aromatic rings. The second-order valence-corrected chi connectivity index (χ2v) is 5.31. The van der Waals surface area contributed by atoms with Crippen LogP contribution >= 0.6 is 0 Å². The maximum Gasteiger partial charge on any atom is 0.122 e. The normalized spacial score (nSPS) is 27.6. The average molecular weight is 231 g/mol. The van der Waals surface area contributed by atoms with E-state index in [0.29, 0.717) is 6.04 Å². The van der Waals surface area contributed by atoms with Crippen molar-refractivity contribution in [3.05, 3.63) is 29.3 Å². The van der Waals surface area contributed by atoms with Crippen molar-refractivity contribution in [3.8, 4) is 5.75 Å². The fourth-order valence-corrected chi connectivity index (χ4v) is 3.22. The Hall–Kier alpha value is -1.02. The Morgan fingerprint density at radius 2 is 2.24 bits per heavy atom. The lowest BCUT2D eigenvalue weighted by Gasteiger charge is -2.29. The van der Waals surface area contributed by atoms with Crippen LogP contribution in [0.15, 0.2) is 18.2 Å². The highest BCUT2D eigenvalue weighted by atomic mass is 16.5. The fourth-order valence-electron chi connectivity index (χ4n) is 3.22. The topological polar surface area (TPSA) is 21.3 Å². The Labute approximate surface area is 103 Å². The van der Waals surface area contributed by atoms with Gasteiger partial charge in [0.2, 0.25) is 0 Å². The van der Waals surface area contributed by atoms with Crippen LogP contribution in [0, 0.1) is 0 Å². The summed E-state index contributed by atoms with van der Waals surface area (Å²) in [6.07, 6.45) is 6.41. The molecule has 0 spiro atoms. The first-order valence-corrected chi connectivity index (χ1v) is 6.79. The highest BCUT2D eigenvalue weighted by Gasteiger charge is 2.23. The summed E-state index contributed by atoms with van der Waals surface area (Å²) in [5.74, 6) is 1.85. The predicted molar refractivity (Wildman–Crippen MR) is 69.7 cm³/mol. The third-order valence-corrected chi connectivity index (χ3v) is 4.27. The molecule has 1 fully saturated rings. The second-order valence-electron chi connectivity index (χ2n) is 5.31. The maximum absolute atomic E-state index is 5.57. The standard InChI is InChI=1S/C15H21NO/c1-16-14-4-2-3-11(10-14)12-5-6-15-13(9-12)7-8-17-15/h5-6,9,11,14,16H,2-4,7-8,10H2,1H3. The summed E-state index contributed by atoms with van der Waals surface area (Å²) in [4.78, 5) is 0. The van der Waals surface area contributed by atoms with Gasteiger partial charge in [-0.3, -0.25) is 0 Å². The highest BCUT2D eigenvalue weighted by Crippen LogP contribution is 2.36. The van der Waals surface area contributed by atoms with Crippen LogP contribution in [0.2, 0.25) is 0 Å². The van der Waals surface area contributed by atoms with Crippen molar-refractivity contribution in [3.63, 3.8) is 0 Å². The van der Waals surface area contributed by atoms with E-state index in [0.717, 1.165) is 24.7 Å². The number of rotatable bonds is 2. The molecule has 17 heavy (non-hydrogen) atoms. The van der Waals surface area contributed by atoms with Gasteiger partial charge < -0.3 is 10.1 Å². The lowest BCUT2D eigenvalue weighted by molar-refractivity contribution is 0.353. The molecular formula is C15H21NO. The molecule has 0 aromatic heterocycles. The van der Waals surface area contributed by atoms with Gasteiger partial charge in [0.1, 0.15) is 5.75 Å². The molecular weight excluding hydrogens is 210 g/mol. The molecule has 0 amide bonds. The Morgan fingerprint density at radius 1 is 1.29 bits per heavy atom. The number of fused-ring (bicyclic) bond motifs is 1. The van der Waals surface area contributed by atoms with Crippen LogP contribution in [-0.4, -0.2) is 19.7 Å². The van der Waals surface area contributed by atoms with E-state index in [-0.39, 0.29) is 0 Å². The Bertz CT molecular complexity index is 402. The molecule has 2 atom stereocenters. The van der Waals surface area contributed by atoms with Crippen molar-refractivity contribution in [2.45, 2.75) is 44.1 Å². The zero-order valence-corrected chi connectivity index (χ0v) is 10.5. The van der Waals surface area contributed by atoms with Crippen molar-refractivity contribution in [2.24, 2.45) is 0 Å². The minimum Gasteiger partial charge on any atom is -0.493 e. The minimum absolute atomic E-state index is 0.707. The molecule has 92 valence electrons. The second kappa shape index (κ2) is 4.69. The Morgan fingerprint density at radius 3 is 3.12 bits per heavy atom. The molecule has 1 saturated carbocycles. The van der Waals surface area contributed by atoms with E-state index < -0.39 is 0 Å². The van der Waals surface area contributed by atoms with Crippen molar-refractivity contribution >= 4 is 0 Å². The number of hydrogen-bond acceptors (Lipinski definition) is 2. The maximum atomic E-state index is 5.57. The number of hydrogen-bond donors (Lipinski definition) is 1. The van der Waals surface area contributed by atoms with Gasteiger partial charge in [0.25, 0.3) is 0 Å². The third kappa shape index (κ3) is 2.19. The van der Waals surface area contributed by atoms with Gasteiger partial charge in [-0.25, -0.2) is 0 Å². The van der Waals surface area contributed by atoms with E-state index in [1.54, 1.807) is 0 Å². The smallest absolute Gasteiger partial charge is 0.122 e. The Kier molecular flexibility index (Phi) is 3.06. The molecule has 2 unspecified atom stereocenters. The number of ether oxygens (including phenoxy) is 1. The van der Waals surface area contributed by atoms with Crippen LogP contribution in [-0.2, 0) is 6.42 Å². The minimum atomic E-state index is 0.707. The van der Waals surface area contributed by atoms with Gasteiger partial charge >= 0.3 is 0 Å².